The van der Waals surface area contributed by atoms with Crippen LogP contribution in [0.3, 0.4) is 0 Å². The number of rotatable bonds is 3. The molecule has 0 atom stereocenters. The van der Waals surface area contributed by atoms with Crippen molar-refractivity contribution >= 4 is 17.6 Å². The van der Waals surface area contributed by atoms with Gasteiger partial charge < -0.3 is 25.0 Å². The van der Waals surface area contributed by atoms with Gasteiger partial charge in [-0.1, -0.05) is 0 Å². The molecule has 0 saturated carbocycles. The molecule has 1 aromatic rings. The lowest BCUT2D eigenvalue weighted by atomic mass is 10.1. The molecule has 3 heterocycles. The number of hydrogen-bond acceptors (Lipinski definition) is 5. The van der Waals surface area contributed by atoms with Crippen LogP contribution in [0.5, 0.6) is 0 Å². The van der Waals surface area contributed by atoms with Crippen molar-refractivity contribution in [2.75, 3.05) is 49.6 Å². The molecule has 0 aromatic carbocycles. The maximum absolute atomic E-state index is 10.9. The lowest BCUT2D eigenvalue weighted by molar-refractivity contribution is 0.122. The van der Waals surface area contributed by atoms with E-state index in [2.05, 4.69) is 15.2 Å². The minimum absolute atomic E-state index is 0.312. The summed E-state index contributed by atoms with van der Waals surface area (Å²) in [5, 5.41) is 12.4. The zero-order valence-corrected chi connectivity index (χ0v) is 12.6. The third kappa shape index (κ3) is 3.59. The zero-order chi connectivity index (χ0) is 15.4. The van der Waals surface area contributed by atoms with Gasteiger partial charge in [-0.25, -0.2) is 9.78 Å². The Morgan fingerprint density at radius 1 is 1.23 bits per heavy atom. The third-order valence-corrected chi connectivity index (χ3v) is 4.22. The Kier molecular flexibility index (Phi) is 4.62. The van der Waals surface area contributed by atoms with E-state index >= 15 is 0 Å². The lowest BCUT2D eigenvalue weighted by Gasteiger charge is -2.31. The second-order valence-electron chi connectivity index (χ2n) is 5.69. The molecule has 2 fully saturated rings. The maximum Gasteiger partial charge on any atom is 0.407 e. The molecule has 0 bridgehead atoms. The van der Waals surface area contributed by atoms with Crippen molar-refractivity contribution in [2.24, 2.45) is 0 Å². The van der Waals surface area contributed by atoms with Crippen molar-refractivity contribution in [3.63, 3.8) is 0 Å². The molecule has 7 heteroatoms. The summed E-state index contributed by atoms with van der Waals surface area (Å²) in [6, 6.07) is 4.38. The number of carboxylic acid groups (broad SMARTS) is 1. The molecule has 7 nitrogen and oxygen atoms in total. The molecule has 120 valence electrons. The normalized spacial score (nSPS) is 20.0. The number of hydrogen-bond donors (Lipinski definition) is 2. The van der Waals surface area contributed by atoms with Gasteiger partial charge in [0.05, 0.1) is 25.1 Å². The van der Waals surface area contributed by atoms with E-state index in [-0.39, 0.29) is 0 Å². The predicted octanol–water partition coefficient (Wildman–Crippen LogP) is 1.47. The largest absolute Gasteiger partial charge is 0.465 e. The van der Waals surface area contributed by atoms with E-state index in [4.69, 9.17) is 9.84 Å². The van der Waals surface area contributed by atoms with Gasteiger partial charge in [-0.05, 0) is 25.0 Å². The fourth-order valence-corrected chi connectivity index (χ4v) is 2.90. The SMILES string of the molecule is O=C(O)N1CCC(Nc2ccc(N3CCOCC3)nc2)CC1. The average Bonchev–Trinajstić information content (AvgIpc) is 2.57. The summed E-state index contributed by atoms with van der Waals surface area (Å²) in [7, 11) is 0. The van der Waals surface area contributed by atoms with Gasteiger partial charge in [0.1, 0.15) is 5.82 Å². The van der Waals surface area contributed by atoms with Crippen LogP contribution in [0.25, 0.3) is 0 Å². The average molecular weight is 306 g/mol. The molecule has 1 aromatic heterocycles. The van der Waals surface area contributed by atoms with Crippen LogP contribution in [0.2, 0.25) is 0 Å². The van der Waals surface area contributed by atoms with E-state index in [0.717, 1.165) is 50.7 Å². The van der Waals surface area contributed by atoms with Gasteiger partial charge in [0.25, 0.3) is 0 Å². The predicted molar refractivity (Wildman–Crippen MR) is 83.5 cm³/mol. The first kappa shape index (κ1) is 14.9. The Labute approximate surface area is 129 Å². The Hall–Kier alpha value is -2.02. The molecule has 2 saturated heterocycles. The smallest absolute Gasteiger partial charge is 0.407 e. The summed E-state index contributed by atoms with van der Waals surface area (Å²) >= 11 is 0. The minimum Gasteiger partial charge on any atom is -0.465 e. The number of nitrogens with zero attached hydrogens (tertiary/aromatic N) is 3. The van der Waals surface area contributed by atoms with Crippen molar-refractivity contribution in [1.82, 2.24) is 9.88 Å². The first-order valence-corrected chi connectivity index (χ1v) is 7.75. The number of morpholine rings is 1. The molecular formula is C15H22N4O3. The summed E-state index contributed by atoms with van der Waals surface area (Å²) in [6.45, 7) is 4.45. The molecule has 0 spiro atoms. The van der Waals surface area contributed by atoms with Crippen LogP contribution in [-0.2, 0) is 4.74 Å². The summed E-state index contributed by atoms with van der Waals surface area (Å²) in [4.78, 5) is 19.1. The van der Waals surface area contributed by atoms with Gasteiger partial charge in [0.2, 0.25) is 0 Å². The molecule has 0 aliphatic carbocycles. The highest BCUT2D eigenvalue weighted by Gasteiger charge is 2.22. The van der Waals surface area contributed by atoms with E-state index in [1.54, 1.807) is 0 Å². The van der Waals surface area contributed by atoms with Gasteiger partial charge in [-0.3, -0.25) is 0 Å². The Bertz CT molecular complexity index is 494. The number of pyridine rings is 1. The highest BCUT2D eigenvalue weighted by molar-refractivity contribution is 5.65. The molecule has 2 aliphatic rings. The van der Waals surface area contributed by atoms with Crippen LogP contribution >= 0.6 is 0 Å². The molecule has 2 N–H and O–H groups in total. The number of nitrogens with one attached hydrogen (secondary N) is 1. The number of amides is 1. The quantitative estimate of drug-likeness (QED) is 0.880. The number of aromatic nitrogens is 1. The third-order valence-electron chi connectivity index (χ3n) is 4.22. The first-order chi connectivity index (χ1) is 10.7. The van der Waals surface area contributed by atoms with Crippen LogP contribution in [-0.4, -0.2) is 66.5 Å². The molecular weight excluding hydrogens is 284 g/mol. The lowest BCUT2D eigenvalue weighted by Crippen LogP contribution is -2.41. The van der Waals surface area contributed by atoms with Crippen molar-refractivity contribution in [3.8, 4) is 0 Å². The van der Waals surface area contributed by atoms with E-state index in [0.29, 0.717) is 19.1 Å². The number of carbonyl (C=O) groups is 1. The number of anilines is 2. The maximum atomic E-state index is 10.9. The molecule has 0 unspecified atom stereocenters. The monoisotopic (exact) mass is 306 g/mol. The van der Waals surface area contributed by atoms with Crippen molar-refractivity contribution in [1.29, 1.82) is 0 Å². The summed E-state index contributed by atoms with van der Waals surface area (Å²) in [5.74, 6) is 0.981. The fraction of sp³-hybridized carbons (Fsp3) is 0.600. The van der Waals surface area contributed by atoms with Crippen LogP contribution in [0.4, 0.5) is 16.3 Å². The minimum atomic E-state index is -0.824. The Morgan fingerprint density at radius 2 is 1.95 bits per heavy atom. The Balaban J connectivity index is 1.52. The number of piperidine rings is 1. The summed E-state index contributed by atoms with van der Waals surface area (Å²) < 4.78 is 5.34. The van der Waals surface area contributed by atoms with Crippen LogP contribution < -0.4 is 10.2 Å². The van der Waals surface area contributed by atoms with Crippen LogP contribution in [0, 0.1) is 0 Å². The second kappa shape index (κ2) is 6.83. The summed E-state index contributed by atoms with van der Waals surface area (Å²) in [6.07, 6.45) is 2.69. The van der Waals surface area contributed by atoms with Gasteiger partial charge in [0, 0.05) is 32.2 Å². The van der Waals surface area contributed by atoms with Crippen LogP contribution in [0.1, 0.15) is 12.8 Å². The van der Waals surface area contributed by atoms with Crippen molar-refractivity contribution in [3.05, 3.63) is 18.3 Å². The molecule has 1 amide bonds. The van der Waals surface area contributed by atoms with Gasteiger partial charge in [-0.15, -0.1) is 0 Å². The van der Waals surface area contributed by atoms with Gasteiger partial charge in [0.15, 0.2) is 0 Å². The van der Waals surface area contributed by atoms with E-state index in [1.807, 2.05) is 18.3 Å². The molecule has 0 radical (unpaired) electrons. The zero-order valence-electron chi connectivity index (χ0n) is 12.6. The number of ether oxygens (including phenoxy) is 1. The van der Waals surface area contributed by atoms with E-state index in [1.165, 1.54) is 4.90 Å². The van der Waals surface area contributed by atoms with Crippen LogP contribution in [0.15, 0.2) is 18.3 Å². The Morgan fingerprint density at radius 3 is 2.55 bits per heavy atom. The van der Waals surface area contributed by atoms with Gasteiger partial charge >= 0.3 is 6.09 Å². The molecule has 2 aliphatic heterocycles. The highest BCUT2D eigenvalue weighted by Crippen LogP contribution is 2.19. The summed E-state index contributed by atoms with van der Waals surface area (Å²) in [5.41, 5.74) is 0.991. The number of likely N-dealkylation sites (tertiary alicyclic amines) is 1. The topological polar surface area (TPSA) is 77.9 Å². The van der Waals surface area contributed by atoms with Crippen molar-refractivity contribution < 1.29 is 14.6 Å². The second-order valence-corrected chi connectivity index (χ2v) is 5.69. The first-order valence-electron chi connectivity index (χ1n) is 7.75. The van der Waals surface area contributed by atoms with Gasteiger partial charge in [-0.2, -0.15) is 0 Å². The van der Waals surface area contributed by atoms with E-state index in [9.17, 15) is 4.79 Å². The fourth-order valence-electron chi connectivity index (χ4n) is 2.90. The molecule has 3 rings (SSSR count). The standard InChI is InChI=1S/C15H22N4O3/c20-15(21)19-5-3-12(4-6-19)17-13-1-2-14(16-11-13)18-7-9-22-10-8-18/h1-2,11-12,17H,3-10H2,(H,20,21). The van der Waals surface area contributed by atoms with Crippen molar-refractivity contribution in [2.45, 2.75) is 18.9 Å². The van der Waals surface area contributed by atoms with E-state index < -0.39 is 6.09 Å². The highest BCUT2D eigenvalue weighted by atomic mass is 16.5. The molecule has 22 heavy (non-hydrogen) atoms.